The Bertz CT molecular complexity index is 471. The summed E-state index contributed by atoms with van der Waals surface area (Å²) in [4.78, 5) is 46.0. The summed E-state index contributed by atoms with van der Waals surface area (Å²) in [6, 6.07) is 0. The molecule has 0 aromatic heterocycles. The number of carbonyl (C=O) groups is 4. The van der Waals surface area contributed by atoms with Gasteiger partial charge in [-0.25, -0.2) is 0 Å². The van der Waals surface area contributed by atoms with Crippen LogP contribution in [0.3, 0.4) is 0 Å². The van der Waals surface area contributed by atoms with E-state index < -0.39 is 0 Å². The SMILES string of the molecule is O=C[C@@H]1CCCC[C@H]1OC(=O)CCCCCCC(=O)O[C@@H]1CCCC[C@H]1C=O. The van der Waals surface area contributed by atoms with Crippen LogP contribution in [-0.2, 0) is 28.7 Å². The number of ether oxygens (including phenoxy) is 2. The van der Waals surface area contributed by atoms with Gasteiger partial charge in [0.1, 0.15) is 24.8 Å². The molecule has 0 amide bonds. The predicted octanol–water partition coefficient (Wildman–Crippen LogP) is 3.93. The molecule has 0 unspecified atom stereocenters. The third-order valence-corrected chi connectivity index (χ3v) is 5.93. The molecule has 0 bridgehead atoms. The van der Waals surface area contributed by atoms with Gasteiger partial charge in [-0.1, -0.05) is 25.7 Å². The van der Waals surface area contributed by atoms with Crippen molar-refractivity contribution in [3.8, 4) is 0 Å². The van der Waals surface area contributed by atoms with Gasteiger partial charge in [0.05, 0.1) is 11.8 Å². The number of hydrogen-bond donors (Lipinski definition) is 0. The van der Waals surface area contributed by atoms with Gasteiger partial charge in [0.25, 0.3) is 0 Å². The van der Waals surface area contributed by atoms with Crippen molar-refractivity contribution in [2.45, 2.75) is 102 Å². The Balaban J connectivity index is 1.51. The summed E-state index contributed by atoms with van der Waals surface area (Å²) >= 11 is 0. The molecule has 28 heavy (non-hydrogen) atoms. The minimum absolute atomic E-state index is 0.147. The maximum atomic E-state index is 12.0. The van der Waals surface area contributed by atoms with E-state index in [2.05, 4.69) is 0 Å². The molecule has 2 aliphatic rings. The van der Waals surface area contributed by atoms with Gasteiger partial charge in [0.2, 0.25) is 0 Å². The van der Waals surface area contributed by atoms with Crippen molar-refractivity contribution in [1.29, 1.82) is 0 Å². The fourth-order valence-corrected chi connectivity index (χ4v) is 4.20. The molecule has 0 heterocycles. The molecule has 0 N–H and O–H groups in total. The zero-order chi connectivity index (χ0) is 20.2. The maximum absolute atomic E-state index is 12.0. The molecular formula is C22H34O6. The molecule has 2 saturated carbocycles. The lowest BCUT2D eigenvalue weighted by molar-refractivity contribution is -0.155. The number of aldehydes is 2. The fraction of sp³-hybridized carbons (Fsp3) is 0.818. The minimum atomic E-state index is -0.247. The van der Waals surface area contributed by atoms with E-state index in [-0.39, 0.29) is 36.0 Å². The molecule has 2 fully saturated rings. The quantitative estimate of drug-likeness (QED) is 0.300. The monoisotopic (exact) mass is 394 g/mol. The van der Waals surface area contributed by atoms with Crippen molar-refractivity contribution in [2.75, 3.05) is 0 Å². The van der Waals surface area contributed by atoms with E-state index in [1.807, 2.05) is 0 Å². The van der Waals surface area contributed by atoms with Crippen molar-refractivity contribution in [2.24, 2.45) is 11.8 Å². The van der Waals surface area contributed by atoms with E-state index in [1.54, 1.807) is 0 Å². The van der Waals surface area contributed by atoms with Crippen molar-refractivity contribution in [1.82, 2.24) is 0 Å². The first kappa shape index (κ1) is 22.6. The second kappa shape index (κ2) is 12.7. The van der Waals surface area contributed by atoms with Gasteiger partial charge in [-0.3, -0.25) is 9.59 Å². The fourth-order valence-electron chi connectivity index (χ4n) is 4.20. The van der Waals surface area contributed by atoms with Crippen LogP contribution in [0.4, 0.5) is 0 Å². The van der Waals surface area contributed by atoms with Gasteiger partial charge in [0.15, 0.2) is 0 Å². The highest BCUT2D eigenvalue weighted by molar-refractivity contribution is 5.70. The van der Waals surface area contributed by atoms with E-state index in [0.29, 0.717) is 12.8 Å². The molecule has 6 heteroatoms. The molecule has 2 aliphatic carbocycles. The van der Waals surface area contributed by atoms with Crippen molar-refractivity contribution >= 4 is 24.5 Å². The number of carbonyl (C=O) groups excluding carboxylic acids is 4. The zero-order valence-corrected chi connectivity index (χ0v) is 16.8. The van der Waals surface area contributed by atoms with Gasteiger partial charge in [0, 0.05) is 12.8 Å². The predicted molar refractivity (Wildman–Crippen MR) is 104 cm³/mol. The molecule has 0 aliphatic heterocycles. The highest BCUT2D eigenvalue weighted by Gasteiger charge is 2.28. The lowest BCUT2D eigenvalue weighted by Gasteiger charge is -2.27. The van der Waals surface area contributed by atoms with Gasteiger partial charge >= 0.3 is 11.9 Å². The van der Waals surface area contributed by atoms with Crippen molar-refractivity contribution < 1.29 is 28.7 Å². The van der Waals surface area contributed by atoms with E-state index in [0.717, 1.165) is 89.6 Å². The molecule has 158 valence electrons. The van der Waals surface area contributed by atoms with Gasteiger partial charge in [-0.05, 0) is 51.4 Å². The lowest BCUT2D eigenvalue weighted by atomic mass is 9.87. The van der Waals surface area contributed by atoms with Crippen LogP contribution in [0, 0.1) is 11.8 Å². The van der Waals surface area contributed by atoms with Crippen LogP contribution in [0.25, 0.3) is 0 Å². The summed E-state index contributed by atoms with van der Waals surface area (Å²) in [5, 5.41) is 0. The molecule has 0 saturated heterocycles. The van der Waals surface area contributed by atoms with Crippen LogP contribution in [-0.4, -0.2) is 36.7 Å². The Morgan fingerprint density at radius 3 is 1.43 bits per heavy atom. The summed E-state index contributed by atoms with van der Waals surface area (Å²) in [5.74, 6) is -0.746. The van der Waals surface area contributed by atoms with Gasteiger partial charge < -0.3 is 19.1 Å². The van der Waals surface area contributed by atoms with Crippen LogP contribution in [0.5, 0.6) is 0 Å². The molecule has 6 nitrogen and oxygen atoms in total. The Hall–Kier alpha value is -1.72. The summed E-state index contributed by atoms with van der Waals surface area (Å²) in [6.07, 6.45) is 12.5. The molecule has 0 aromatic rings. The number of unbranched alkanes of at least 4 members (excludes halogenated alkanes) is 3. The largest absolute Gasteiger partial charge is 0.462 e. The lowest BCUT2D eigenvalue weighted by Crippen LogP contribution is -2.31. The molecule has 0 radical (unpaired) electrons. The zero-order valence-electron chi connectivity index (χ0n) is 16.8. The van der Waals surface area contributed by atoms with Crippen LogP contribution in [0.2, 0.25) is 0 Å². The molecule has 4 atom stereocenters. The Morgan fingerprint density at radius 2 is 1.04 bits per heavy atom. The highest BCUT2D eigenvalue weighted by Crippen LogP contribution is 2.27. The van der Waals surface area contributed by atoms with Crippen molar-refractivity contribution in [3.05, 3.63) is 0 Å². The summed E-state index contributed by atoms with van der Waals surface area (Å²) in [6.45, 7) is 0. The molecule has 0 aromatic carbocycles. The second-order valence-electron chi connectivity index (χ2n) is 8.14. The van der Waals surface area contributed by atoms with Crippen LogP contribution < -0.4 is 0 Å². The average molecular weight is 395 g/mol. The smallest absolute Gasteiger partial charge is 0.306 e. The first-order chi connectivity index (χ1) is 13.6. The topological polar surface area (TPSA) is 86.7 Å². The third kappa shape index (κ3) is 7.72. The highest BCUT2D eigenvalue weighted by atomic mass is 16.5. The van der Waals surface area contributed by atoms with E-state index in [9.17, 15) is 19.2 Å². The minimum Gasteiger partial charge on any atom is -0.462 e. The van der Waals surface area contributed by atoms with Crippen molar-refractivity contribution in [3.63, 3.8) is 0 Å². The van der Waals surface area contributed by atoms with E-state index >= 15 is 0 Å². The first-order valence-electron chi connectivity index (χ1n) is 10.9. The average Bonchev–Trinajstić information content (AvgIpc) is 2.71. The Morgan fingerprint density at radius 1 is 0.643 bits per heavy atom. The first-order valence-corrected chi connectivity index (χ1v) is 10.9. The van der Waals surface area contributed by atoms with E-state index in [1.165, 1.54) is 0 Å². The molecular weight excluding hydrogens is 360 g/mol. The third-order valence-electron chi connectivity index (χ3n) is 5.93. The standard InChI is InChI=1S/C22H34O6/c23-15-17-9-5-7-11-19(17)27-21(25)13-3-1-2-4-14-22(26)28-20-12-8-6-10-18(20)16-24/h15-20H,1-14H2/t17-,18-,19+,20+/m0/s1. The summed E-state index contributed by atoms with van der Waals surface area (Å²) in [7, 11) is 0. The number of rotatable bonds is 11. The summed E-state index contributed by atoms with van der Waals surface area (Å²) in [5.41, 5.74) is 0. The Labute approximate surface area is 167 Å². The normalized spacial score (nSPS) is 27.6. The Kier molecular flexibility index (Phi) is 10.2. The number of hydrogen-bond acceptors (Lipinski definition) is 6. The van der Waals surface area contributed by atoms with E-state index in [4.69, 9.17) is 9.47 Å². The van der Waals surface area contributed by atoms with Gasteiger partial charge in [-0.2, -0.15) is 0 Å². The van der Waals surface area contributed by atoms with Crippen LogP contribution in [0.15, 0.2) is 0 Å². The molecule has 2 rings (SSSR count). The van der Waals surface area contributed by atoms with Crippen LogP contribution in [0.1, 0.15) is 89.9 Å². The van der Waals surface area contributed by atoms with Crippen LogP contribution >= 0.6 is 0 Å². The number of esters is 2. The maximum Gasteiger partial charge on any atom is 0.306 e. The van der Waals surface area contributed by atoms with Gasteiger partial charge in [-0.15, -0.1) is 0 Å². The second-order valence-corrected chi connectivity index (χ2v) is 8.14. The summed E-state index contributed by atoms with van der Waals surface area (Å²) < 4.78 is 10.9. The molecule has 0 spiro atoms.